The van der Waals surface area contributed by atoms with E-state index in [-0.39, 0.29) is 17.1 Å². The smallest absolute Gasteiger partial charge is 0.162 e. The lowest BCUT2D eigenvalue weighted by Gasteiger charge is -2.61. The van der Waals surface area contributed by atoms with E-state index in [1.165, 1.54) is 44.9 Å². The molecule has 0 aromatic rings. The molecule has 0 aromatic carbocycles. The van der Waals surface area contributed by atoms with Crippen molar-refractivity contribution < 1.29 is 9.90 Å². The van der Waals surface area contributed by atoms with E-state index in [0.717, 1.165) is 30.6 Å². The zero-order valence-electron chi connectivity index (χ0n) is 16.1. The van der Waals surface area contributed by atoms with E-state index < -0.39 is 5.60 Å². The number of ketones is 1. The first-order chi connectivity index (χ1) is 11.2. The van der Waals surface area contributed by atoms with Gasteiger partial charge in [-0.1, -0.05) is 33.6 Å². The van der Waals surface area contributed by atoms with E-state index in [4.69, 9.17) is 0 Å². The molecule has 24 heavy (non-hydrogen) atoms. The van der Waals surface area contributed by atoms with Crippen molar-refractivity contribution in [2.45, 2.75) is 91.1 Å². The van der Waals surface area contributed by atoms with Crippen LogP contribution in [0.5, 0.6) is 0 Å². The Hall–Kier alpha value is -0.370. The predicted molar refractivity (Wildman–Crippen MR) is 96.5 cm³/mol. The largest absolute Gasteiger partial charge is 0.381 e. The molecule has 4 aliphatic rings. The summed E-state index contributed by atoms with van der Waals surface area (Å²) in [4.78, 5) is 12.4. The topological polar surface area (TPSA) is 37.3 Å². The molecule has 1 N–H and O–H groups in total. The van der Waals surface area contributed by atoms with Gasteiger partial charge in [0.2, 0.25) is 0 Å². The van der Waals surface area contributed by atoms with Crippen molar-refractivity contribution in [3.8, 4) is 0 Å². The van der Waals surface area contributed by atoms with E-state index in [9.17, 15) is 9.90 Å². The number of fused-ring (bicyclic) bond motifs is 5. The maximum atomic E-state index is 12.4. The Morgan fingerprint density at radius 3 is 2.46 bits per heavy atom. The van der Waals surface area contributed by atoms with Crippen LogP contribution in [0.25, 0.3) is 0 Å². The molecule has 0 aliphatic heterocycles. The number of carbonyl (C=O) groups is 1. The van der Waals surface area contributed by atoms with E-state index in [0.29, 0.717) is 11.3 Å². The molecule has 0 aromatic heterocycles. The summed E-state index contributed by atoms with van der Waals surface area (Å²) in [7, 11) is 0. The Morgan fingerprint density at radius 2 is 1.75 bits per heavy atom. The summed E-state index contributed by atoms with van der Waals surface area (Å²) in [6.45, 7) is 8.57. The highest BCUT2D eigenvalue weighted by Gasteiger charge is 2.68. The zero-order chi connectivity index (χ0) is 17.3. The molecule has 0 saturated heterocycles. The van der Waals surface area contributed by atoms with Crippen LogP contribution in [0.1, 0.15) is 85.5 Å². The SMILES string of the molecule is CC(=O)[C@@]1(O)[C@H](C)C[C@H]2[C@@H]3CCC4CCCC[C@]4(C)[C@H]3CC[C@@]21C. The Bertz CT molecular complexity index is 542. The highest BCUT2D eigenvalue weighted by Crippen LogP contribution is 2.69. The Labute approximate surface area is 147 Å². The average molecular weight is 333 g/mol. The van der Waals surface area contributed by atoms with Gasteiger partial charge in [-0.3, -0.25) is 4.79 Å². The number of carbonyl (C=O) groups excluding carboxylic acids is 1. The highest BCUT2D eigenvalue weighted by atomic mass is 16.3. The Kier molecular flexibility index (Phi) is 3.78. The first-order valence-corrected chi connectivity index (χ1v) is 10.5. The minimum atomic E-state index is -1.09. The van der Waals surface area contributed by atoms with Crippen molar-refractivity contribution in [1.82, 2.24) is 0 Å². The van der Waals surface area contributed by atoms with Gasteiger partial charge in [-0.2, -0.15) is 0 Å². The second-order valence-electron chi connectivity index (χ2n) is 10.3. The molecule has 0 bridgehead atoms. The highest BCUT2D eigenvalue weighted by molar-refractivity contribution is 5.86. The minimum absolute atomic E-state index is 0.0102. The van der Waals surface area contributed by atoms with Gasteiger partial charge < -0.3 is 5.11 Å². The summed E-state index contributed by atoms with van der Waals surface area (Å²) in [5, 5.41) is 11.4. The van der Waals surface area contributed by atoms with Crippen molar-refractivity contribution in [2.24, 2.45) is 40.4 Å². The van der Waals surface area contributed by atoms with Crippen molar-refractivity contribution >= 4 is 5.78 Å². The van der Waals surface area contributed by atoms with Gasteiger partial charge in [-0.15, -0.1) is 0 Å². The van der Waals surface area contributed by atoms with Gasteiger partial charge in [0.25, 0.3) is 0 Å². The van der Waals surface area contributed by atoms with Gasteiger partial charge in [-0.05, 0) is 86.9 Å². The summed E-state index contributed by atoms with van der Waals surface area (Å²) >= 11 is 0. The monoisotopic (exact) mass is 332 g/mol. The summed E-state index contributed by atoms with van der Waals surface area (Å²) in [5.74, 6) is 3.16. The van der Waals surface area contributed by atoms with E-state index in [1.807, 2.05) is 0 Å². The van der Waals surface area contributed by atoms with Gasteiger partial charge in [-0.25, -0.2) is 0 Å². The molecule has 4 aliphatic carbocycles. The minimum Gasteiger partial charge on any atom is -0.381 e. The molecular weight excluding hydrogens is 296 g/mol. The number of Topliss-reactive ketones (excluding diaryl/α,β-unsaturated/α-hetero) is 1. The second-order valence-corrected chi connectivity index (χ2v) is 10.3. The Morgan fingerprint density at radius 1 is 1.00 bits per heavy atom. The van der Waals surface area contributed by atoms with E-state index in [2.05, 4.69) is 20.8 Å². The normalized spacial score (nSPS) is 57.0. The molecule has 1 unspecified atom stereocenters. The lowest BCUT2D eigenvalue weighted by molar-refractivity contribution is -0.172. The van der Waals surface area contributed by atoms with Gasteiger partial charge in [0.1, 0.15) is 5.60 Å². The van der Waals surface area contributed by atoms with Crippen LogP contribution in [-0.4, -0.2) is 16.5 Å². The quantitative estimate of drug-likeness (QED) is 0.735. The predicted octanol–water partition coefficient (Wildman–Crippen LogP) is 4.99. The fraction of sp³-hybridized carbons (Fsp3) is 0.955. The Balaban J connectivity index is 1.69. The van der Waals surface area contributed by atoms with Crippen molar-refractivity contribution in [1.29, 1.82) is 0 Å². The van der Waals surface area contributed by atoms with Crippen molar-refractivity contribution in [2.75, 3.05) is 0 Å². The van der Waals surface area contributed by atoms with Crippen LogP contribution < -0.4 is 0 Å². The van der Waals surface area contributed by atoms with E-state index in [1.54, 1.807) is 6.92 Å². The van der Waals surface area contributed by atoms with Crippen LogP contribution in [-0.2, 0) is 4.79 Å². The number of aliphatic hydroxyl groups is 1. The molecule has 0 heterocycles. The molecule has 8 atom stereocenters. The first-order valence-electron chi connectivity index (χ1n) is 10.5. The molecule has 4 saturated carbocycles. The number of hydrogen-bond acceptors (Lipinski definition) is 2. The fourth-order valence-corrected chi connectivity index (χ4v) is 8.39. The lowest BCUT2D eigenvalue weighted by Crippen LogP contribution is -2.59. The van der Waals surface area contributed by atoms with Crippen LogP contribution in [0.4, 0.5) is 0 Å². The molecule has 0 radical (unpaired) electrons. The van der Waals surface area contributed by atoms with Gasteiger partial charge in [0.05, 0.1) is 0 Å². The fourth-order valence-electron chi connectivity index (χ4n) is 8.39. The summed E-state index contributed by atoms with van der Waals surface area (Å²) in [6, 6.07) is 0. The van der Waals surface area contributed by atoms with Crippen LogP contribution in [0.3, 0.4) is 0 Å². The molecule has 136 valence electrons. The molecule has 2 heteroatoms. The molecule has 4 rings (SSSR count). The van der Waals surface area contributed by atoms with Crippen molar-refractivity contribution in [3.63, 3.8) is 0 Å². The molecule has 0 spiro atoms. The third-order valence-corrected chi connectivity index (χ3v) is 9.70. The van der Waals surface area contributed by atoms with Crippen molar-refractivity contribution in [3.05, 3.63) is 0 Å². The molecule has 0 amide bonds. The number of rotatable bonds is 1. The summed E-state index contributed by atoms with van der Waals surface area (Å²) < 4.78 is 0. The van der Waals surface area contributed by atoms with Crippen LogP contribution in [0, 0.1) is 40.4 Å². The van der Waals surface area contributed by atoms with Crippen LogP contribution >= 0.6 is 0 Å². The van der Waals surface area contributed by atoms with Gasteiger partial charge in [0, 0.05) is 5.41 Å². The summed E-state index contributed by atoms with van der Waals surface area (Å²) in [6.07, 6.45) is 11.7. The third-order valence-electron chi connectivity index (χ3n) is 9.70. The van der Waals surface area contributed by atoms with Crippen LogP contribution in [0.2, 0.25) is 0 Å². The van der Waals surface area contributed by atoms with Gasteiger partial charge >= 0.3 is 0 Å². The third kappa shape index (κ3) is 1.90. The van der Waals surface area contributed by atoms with Gasteiger partial charge in [0.15, 0.2) is 5.78 Å². The second kappa shape index (κ2) is 5.32. The van der Waals surface area contributed by atoms with E-state index >= 15 is 0 Å². The average Bonchev–Trinajstić information content (AvgIpc) is 2.75. The standard InChI is InChI=1S/C22H36O2/c1-14-13-19-17-9-8-16-7-5-6-11-20(16,3)18(17)10-12-21(19,4)22(14,24)15(2)23/h14,16-19,24H,5-13H2,1-4H3/t14-,16?,17-,18+,19+,20+,21+,22+/m1/s1. The molecule has 2 nitrogen and oxygen atoms in total. The maximum absolute atomic E-state index is 12.4. The first kappa shape index (κ1) is 17.1. The molecule has 4 fully saturated rings. The summed E-state index contributed by atoms with van der Waals surface area (Å²) in [5.41, 5.74) is -0.757. The number of hydrogen-bond donors (Lipinski definition) is 1. The zero-order valence-corrected chi connectivity index (χ0v) is 16.1. The molecular formula is C22H36O2. The maximum Gasteiger partial charge on any atom is 0.162 e. The lowest BCUT2D eigenvalue weighted by atomic mass is 9.44. The van der Waals surface area contributed by atoms with Crippen LogP contribution in [0.15, 0.2) is 0 Å².